The van der Waals surface area contributed by atoms with Gasteiger partial charge in [0.1, 0.15) is 5.75 Å². The maximum absolute atomic E-state index is 12.8. The summed E-state index contributed by atoms with van der Waals surface area (Å²) in [7, 11) is 0. The molecule has 0 unspecified atom stereocenters. The third kappa shape index (κ3) is 3.66. The minimum atomic E-state index is -0.200. The lowest BCUT2D eigenvalue weighted by atomic mass is 10.2. The number of ether oxygens (including phenoxy) is 1. The van der Waals surface area contributed by atoms with Crippen LogP contribution in [0.5, 0.6) is 5.75 Å². The van der Waals surface area contributed by atoms with Crippen LogP contribution in [0.25, 0.3) is 22.4 Å². The average Bonchev–Trinajstić information content (AvgIpc) is 3.23. The molecule has 0 aliphatic carbocycles. The molecule has 7 heteroatoms. The van der Waals surface area contributed by atoms with Crippen molar-refractivity contribution < 1.29 is 4.74 Å². The van der Waals surface area contributed by atoms with Gasteiger partial charge >= 0.3 is 0 Å². The van der Waals surface area contributed by atoms with Crippen molar-refractivity contribution in [1.29, 1.82) is 0 Å². The number of thiazole rings is 1. The largest absolute Gasteiger partial charge is 0.493 e. The SMILES string of the molecule is CCCCOc1ccccc1C=c1sc2nc(-c3ccccc3Cl)nn2c1=O. The molecule has 0 fully saturated rings. The Hall–Kier alpha value is -2.70. The van der Waals surface area contributed by atoms with Crippen LogP contribution in [0.15, 0.2) is 53.3 Å². The molecule has 0 aliphatic rings. The smallest absolute Gasteiger partial charge is 0.291 e. The number of rotatable bonds is 6. The molecule has 0 aliphatic heterocycles. The Kier molecular flexibility index (Phi) is 5.41. The van der Waals surface area contributed by atoms with Crippen LogP contribution in [0.1, 0.15) is 25.3 Å². The lowest BCUT2D eigenvalue weighted by Gasteiger charge is -2.07. The molecule has 0 saturated heterocycles. The van der Waals surface area contributed by atoms with Gasteiger partial charge in [-0.1, -0.05) is 66.6 Å². The van der Waals surface area contributed by atoms with Gasteiger partial charge in [0.15, 0.2) is 5.82 Å². The van der Waals surface area contributed by atoms with Gasteiger partial charge in [0.05, 0.1) is 16.2 Å². The van der Waals surface area contributed by atoms with Crippen molar-refractivity contribution in [2.24, 2.45) is 0 Å². The van der Waals surface area contributed by atoms with Crippen LogP contribution in [0.2, 0.25) is 5.02 Å². The zero-order valence-corrected chi connectivity index (χ0v) is 16.8. The summed E-state index contributed by atoms with van der Waals surface area (Å²) in [6, 6.07) is 15.0. The molecule has 0 saturated carbocycles. The first-order chi connectivity index (χ1) is 13.7. The maximum atomic E-state index is 12.8. The van der Waals surface area contributed by atoms with E-state index < -0.39 is 0 Å². The molecule has 0 N–H and O–H groups in total. The van der Waals surface area contributed by atoms with E-state index in [-0.39, 0.29) is 5.56 Å². The summed E-state index contributed by atoms with van der Waals surface area (Å²) in [6.07, 6.45) is 3.89. The van der Waals surface area contributed by atoms with Crippen LogP contribution in [0, 0.1) is 0 Å². The maximum Gasteiger partial charge on any atom is 0.291 e. The van der Waals surface area contributed by atoms with Gasteiger partial charge in [0.2, 0.25) is 4.96 Å². The highest BCUT2D eigenvalue weighted by molar-refractivity contribution is 7.15. The predicted molar refractivity (Wildman–Crippen MR) is 113 cm³/mol. The first-order valence-corrected chi connectivity index (χ1v) is 10.2. The van der Waals surface area contributed by atoms with Crippen molar-refractivity contribution in [3.8, 4) is 17.1 Å². The van der Waals surface area contributed by atoms with Gasteiger partial charge in [0.25, 0.3) is 5.56 Å². The van der Waals surface area contributed by atoms with Gasteiger partial charge in [-0.25, -0.2) is 0 Å². The monoisotopic (exact) mass is 411 g/mol. The quantitative estimate of drug-likeness (QED) is 0.446. The zero-order chi connectivity index (χ0) is 19.5. The second-order valence-electron chi connectivity index (χ2n) is 6.27. The number of aromatic nitrogens is 3. The van der Waals surface area contributed by atoms with Gasteiger partial charge in [-0.05, 0) is 30.7 Å². The van der Waals surface area contributed by atoms with Gasteiger partial charge in [0, 0.05) is 11.1 Å². The number of unbranched alkanes of at least 4 members (excludes halogenated alkanes) is 1. The summed E-state index contributed by atoms with van der Waals surface area (Å²) in [5.41, 5.74) is 1.38. The molecule has 0 bridgehead atoms. The summed E-state index contributed by atoms with van der Waals surface area (Å²) in [5.74, 6) is 1.22. The first-order valence-electron chi connectivity index (χ1n) is 9.05. The molecule has 2 heterocycles. The van der Waals surface area contributed by atoms with Crippen LogP contribution in [0.4, 0.5) is 0 Å². The first kappa shape index (κ1) is 18.7. The molecular formula is C21H18ClN3O2S. The number of nitrogens with zero attached hydrogens (tertiary/aromatic N) is 3. The Morgan fingerprint density at radius 3 is 2.75 bits per heavy atom. The summed E-state index contributed by atoms with van der Waals surface area (Å²) in [4.78, 5) is 17.8. The molecule has 0 spiro atoms. The van der Waals surface area contributed by atoms with E-state index in [0.29, 0.717) is 32.5 Å². The average molecular weight is 412 g/mol. The number of hydrogen-bond donors (Lipinski definition) is 0. The molecule has 2 aromatic carbocycles. The second kappa shape index (κ2) is 8.12. The van der Waals surface area contributed by atoms with Crippen molar-refractivity contribution in [2.45, 2.75) is 19.8 Å². The van der Waals surface area contributed by atoms with E-state index in [4.69, 9.17) is 16.3 Å². The van der Waals surface area contributed by atoms with Gasteiger partial charge in [-0.2, -0.15) is 9.50 Å². The van der Waals surface area contributed by atoms with E-state index in [2.05, 4.69) is 17.0 Å². The highest BCUT2D eigenvalue weighted by Gasteiger charge is 2.14. The molecule has 0 amide bonds. The van der Waals surface area contributed by atoms with Crippen molar-refractivity contribution in [2.75, 3.05) is 6.61 Å². The fraction of sp³-hybridized carbons (Fsp3) is 0.190. The van der Waals surface area contributed by atoms with E-state index in [1.807, 2.05) is 48.5 Å². The van der Waals surface area contributed by atoms with Crippen LogP contribution in [-0.2, 0) is 0 Å². The van der Waals surface area contributed by atoms with Crippen molar-refractivity contribution >= 4 is 34.0 Å². The second-order valence-corrected chi connectivity index (χ2v) is 7.68. The molecule has 0 atom stereocenters. The van der Waals surface area contributed by atoms with E-state index in [1.54, 1.807) is 6.07 Å². The van der Waals surface area contributed by atoms with Crippen LogP contribution < -0.4 is 14.8 Å². The number of halogens is 1. The lowest BCUT2D eigenvalue weighted by molar-refractivity contribution is 0.309. The number of para-hydroxylation sites is 1. The Balaban J connectivity index is 1.73. The van der Waals surface area contributed by atoms with Crippen LogP contribution >= 0.6 is 22.9 Å². The van der Waals surface area contributed by atoms with Crippen LogP contribution in [-0.4, -0.2) is 21.2 Å². The van der Waals surface area contributed by atoms with Crippen LogP contribution in [0.3, 0.4) is 0 Å². The Labute approximate surface area is 170 Å². The van der Waals surface area contributed by atoms with E-state index in [9.17, 15) is 4.79 Å². The summed E-state index contributed by atoms with van der Waals surface area (Å²) < 4.78 is 7.75. The number of benzene rings is 2. The molecule has 4 aromatic rings. The molecule has 4 rings (SSSR count). The molecule has 142 valence electrons. The zero-order valence-electron chi connectivity index (χ0n) is 15.3. The molecule has 5 nitrogen and oxygen atoms in total. The minimum absolute atomic E-state index is 0.200. The standard InChI is InChI=1S/C21H18ClN3O2S/c1-2-3-12-27-17-11-7-4-8-14(17)13-18-20(26)25-21(28-18)23-19(24-25)15-9-5-6-10-16(15)22/h4-11,13H,2-3,12H2,1H3. The third-order valence-electron chi connectivity index (χ3n) is 4.26. The predicted octanol–water partition coefficient (Wildman–Crippen LogP) is 4.20. The van der Waals surface area contributed by atoms with Crippen molar-refractivity contribution in [3.63, 3.8) is 0 Å². The van der Waals surface area contributed by atoms with Gasteiger partial charge in [-0.3, -0.25) is 4.79 Å². The molecule has 0 radical (unpaired) electrons. The van der Waals surface area contributed by atoms with Gasteiger partial charge in [-0.15, -0.1) is 5.10 Å². The summed E-state index contributed by atoms with van der Waals surface area (Å²) >= 11 is 7.52. The van der Waals surface area contributed by atoms with Gasteiger partial charge < -0.3 is 4.74 Å². The highest BCUT2D eigenvalue weighted by atomic mass is 35.5. The normalized spacial score (nSPS) is 12.0. The van der Waals surface area contributed by atoms with E-state index in [0.717, 1.165) is 24.2 Å². The van der Waals surface area contributed by atoms with E-state index >= 15 is 0 Å². The van der Waals surface area contributed by atoms with Crippen molar-refractivity contribution in [1.82, 2.24) is 14.6 Å². The summed E-state index contributed by atoms with van der Waals surface area (Å²) in [6.45, 7) is 2.78. The lowest BCUT2D eigenvalue weighted by Crippen LogP contribution is -2.23. The third-order valence-corrected chi connectivity index (χ3v) is 5.55. The van der Waals surface area contributed by atoms with Crippen molar-refractivity contribution in [3.05, 3.63) is 74.0 Å². The highest BCUT2D eigenvalue weighted by Crippen LogP contribution is 2.25. The van der Waals surface area contributed by atoms with E-state index in [1.165, 1.54) is 15.9 Å². The number of fused-ring (bicyclic) bond motifs is 1. The number of hydrogen-bond acceptors (Lipinski definition) is 5. The Morgan fingerprint density at radius 1 is 1.18 bits per heavy atom. The molecule has 2 aromatic heterocycles. The fourth-order valence-corrected chi connectivity index (χ4v) is 3.91. The fourth-order valence-electron chi connectivity index (χ4n) is 2.79. The minimum Gasteiger partial charge on any atom is -0.493 e. The molecule has 28 heavy (non-hydrogen) atoms. The topological polar surface area (TPSA) is 56.5 Å². The summed E-state index contributed by atoms with van der Waals surface area (Å²) in [5, 5.41) is 4.91. The molecular weight excluding hydrogens is 394 g/mol. The Morgan fingerprint density at radius 2 is 1.96 bits per heavy atom. The Bertz CT molecular complexity index is 1230.